The van der Waals surface area contributed by atoms with Crippen molar-refractivity contribution < 1.29 is 4.39 Å². The predicted octanol–water partition coefficient (Wildman–Crippen LogP) is 3.94. The SMILES string of the molecule is N#C/C(=C(/N)c1ccc(Br)cc1F)c1ccccc1. The van der Waals surface area contributed by atoms with Crippen LogP contribution in [0.15, 0.2) is 53.0 Å². The first-order valence-electron chi connectivity index (χ1n) is 5.54. The van der Waals surface area contributed by atoms with Crippen LogP contribution in [0.5, 0.6) is 0 Å². The first-order chi connectivity index (χ1) is 9.13. The summed E-state index contributed by atoms with van der Waals surface area (Å²) in [5, 5.41) is 9.24. The molecule has 0 atom stereocenters. The Morgan fingerprint density at radius 2 is 1.84 bits per heavy atom. The van der Waals surface area contributed by atoms with Crippen LogP contribution >= 0.6 is 15.9 Å². The second kappa shape index (κ2) is 5.68. The Hall–Kier alpha value is -2.12. The number of hydrogen-bond acceptors (Lipinski definition) is 2. The van der Waals surface area contributed by atoms with Crippen molar-refractivity contribution in [1.29, 1.82) is 5.26 Å². The zero-order valence-corrected chi connectivity index (χ0v) is 11.5. The molecule has 0 aliphatic heterocycles. The highest BCUT2D eigenvalue weighted by molar-refractivity contribution is 9.10. The standard InChI is InChI=1S/C15H10BrFN2/c16-11-6-7-12(14(17)8-11)15(19)13(9-18)10-4-2-1-3-5-10/h1-8H,19H2/b15-13-. The van der Waals surface area contributed by atoms with Gasteiger partial charge >= 0.3 is 0 Å². The topological polar surface area (TPSA) is 49.8 Å². The molecule has 2 N–H and O–H groups in total. The minimum absolute atomic E-state index is 0.138. The highest BCUT2D eigenvalue weighted by Crippen LogP contribution is 2.25. The van der Waals surface area contributed by atoms with Crippen LogP contribution in [-0.2, 0) is 0 Å². The Morgan fingerprint density at radius 3 is 2.42 bits per heavy atom. The van der Waals surface area contributed by atoms with Gasteiger partial charge in [0.05, 0.1) is 11.3 Å². The molecule has 0 radical (unpaired) electrons. The lowest BCUT2D eigenvalue weighted by Gasteiger charge is -2.07. The summed E-state index contributed by atoms with van der Waals surface area (Å²) in [5.74, 6) is -0.462. The van der Waals surface area contributed by atoms with Crippen molar-refractivity contribution >= 4 is 27.2 Å². The van der Waals surface area contributed by atoms with E-state index in [0.29, 0.717) is 10.0 Å². The van der Waals surface area contributed by atoms with Crippen LogP contribution in [-0.4, -0.2) is 0 Å². The van der Waals surface area contributed by atoms with Crippen LogP contribution in [0.25, 0.3) is 11.3 Å². The van der Waals surface area contributed by atoms with E-state index in [9.17, 15) is 9.65 Å². The van der Waals surface area contributed by atoms with Crippen LogP contribution in [0.4, 0.5) is 4.39 Å². The van der Waals surface area contributed by atoms with E-state index in [1.807, 2.05) is 12.1 Å². The van der Waals surface area contributed by atoms with Gasteiger partial charge in [0.2, 0.25) is 0 Å². The third kappa shape index (κ3) is 2.83. The maximum absolute atomic E-state index is 13.9. The maximum Gasteiger partial charge on any atom is 0.133 e. The van der Waals surface area contributed by atoms with E-state index in [0.717, 1.165) is 0 Å². The summed E-state index contributed by atoms with van der Waals surface area (Å²) in [4.78, 5) is 0. The van der Waals surface area contributed by atoms with E-state index < -0.39 is 5.82 Å². The third-order valence-electron chi connectivity index (χ3n) is 2.66. The minimum Gasteiger partial charge on any atom is -0.397 e. The van der Waals surface area contributed by atoms with Crippen molar-refractivity contribution in [2.75, 3.05) is 0 Å². The average molecular weight is 317 g/mol. The summed E-state index contributed by atoms with van der Waals surface area (Å²) in [7, 11) is 0. The van der Waals surface area contributed by atoms with E-state index in [1.54, 1.807) is 36.4 Å². The summed E-state index contributed by atoms with van der Waals surface area (Å²) >= 11 is 3.18. The van der Waals surface area contributed by atoms with Crippen molar-refractivity contribution in [3.05, 3.63) is 69.9 Å². The minimum atomic E-state index is -0.462. The number of nitriles is 1. The van der Waals surface area contributed by atoms with Gasteiger partial charge in [0.15, 0.2) is 0 Å². The van der Waals surface area contributed by atoms with Gasteiger partial charge in [0.25, 0.3) is 0 Å². The van der Waals surface area contributed by atoms with Gasteiger partial charge in [-0.1, -0.05) is 46.3 Å². The van der Waals surface area contributed by atoms with Gasteiger partial charge in [-0.15, -0.1) is 0 Å². The molecule has 0 aliphatic carbocycles. The number of hydrogen-bond donors (Lipinski definition) is 1. The molecule has 0 fully saturated rings. The fraction of sp³-hybridized carbons (Fsp3) is 0. The third-order valence-corrected chi connectivity index (χ3v) is 3.16. The molecule has 0 spiro atoms. The zero-order valence-electron chi connectivity index (χ0n) is 9.90. The Kier molecular flexibility index (Phi) is 3.98. The van der Waals surface area contributed by atoms with E-state index in [2.05, 4.69) is 15.9 Å². The highest BCUT2D eigenvalue weighted by atomic mass is 79.9. The fourth-order valence-corrected chi connectivity index (χ4v) is 2.06. The number of halogens is 2. The molecule has 0 amide bonds. The summed E-state index contributed by atoms with van der Waals surface area (Å²) in [6, 6.07) is 15.6. The molecule has 4 heteroatoms. The largest absolute Gasteiger partial charge is 0.397 e. The van der Waals surface area contributed by atoms with E-state index in [-0.39, 0.29) is 16.8 Å². The highest BCUT2D eigenvalue weighted by Gasteiger charge is 2.12. The van der Waals surface area contributed by atoms with E-state index >= 15 is 0 Å². The Bertz CT molecular complexity index is 672. The Balaban J connectivity index is 2.59. The molecule has 94 valence electrons. The maximum atomic E-state index is 13.9. The second-order valence-corrected chi connectivity index (χ2v) is 4.81. The van der Waals surface area contributed by atoms with Gasteiger partial charge in [-0.2, -0.15) is 5.26 Å². The monoisotopic (exact) mass is 316 g/mol. The van der Waals surface area contributed by atoms with Gasteiger partial charge in [0.1, 0.15) is 11.9 Å². The van der Waals surface area contributed by atoms with Gasteiger partial charge < -0.3 is 5.73 Å². The van der Waals surface area contributed by atoms with Crippen molar-refractivity contribution in [3.8, 4) is 6.07 Å². The van der Waals surface area contributed by atoms with Crippen molar-refractivity contribution in [1.82, 2.24) is 0 Å². The first kappa shape index (κ1) is 13.3. The number of nitrogens with zero attached hydrogens (tertiary/aromatic N) is 1. The van der Waals surface area contributed by atoms with Crippen LogP contribution in [0, 0.1) is 17.1 Å². The number of rotatable bonds is 2. The lowest BCUT2D eigenvalue weighted by Crippen LogP contribution is -2.03. The molecule has 0 saturated heterocycles. The molecule has 2 aromatic carbocycles. The van der Waals surface area contributed by atoms with Gasteiger partial charge in [0, 0.05) is 10.0 Å². The molecule has 2 nitrogen and oxygen atoms in total. The van der Waals surface area contributed by atoms with Crippen LogP contribution < -0.4 is 5.73 Å². The van der Waals surface area contributed by atoms with Crippen molar-refractivity contribution in [2.45, 2.75) is 0 Å². The number of allylic oxidation sites excluding steroid dienone is 1. The van der Waals surface area contributed by atoms with Crippen molar-refractivity contribution in [3.63, 3.8) is 0 Å². The molecule has 0 heterocycles. The van der Waals surface area contributed by atoms with Gasteiger partial charge in [-0.25, -0.2) is 4.39 Å². The average Bonchev–Trinajstić information content (AvgIpc) is 2.40. The lowest BCUT2D eigenvalue weighted by atomic mass is 10.0. The molecule has 19 heavy (non-hydrogen) atoms. The van der Waals surface area contributed by atoms with E-state index in [1.165, 1.54) is 6.07 Å². The first-order valence-corrected chi connectivity index (χ1v) is 6.33. The zero-order chi connectivity index (χ0) is 13.8. The number of nitrogens with two attached hydrogens (primary N) is 1. The molecule has 0 aromatic heterocycles. The van der Waals surface area contributed by atoms with Crippen molar-refractivity contribution in [2.24, 2.45) is 5.73 Å². The van der Waals surface area contributed by atoms with E-state index in [4.69, 9.17) is 5.73 Å². The van der Waals surface area contributed by atoms with Crippen LogP contribution in [0.1, 0.15) is 11.1 Å². The summed E-state index contributed by atoms with van der Waals surface area (Å²) < 4.78 is 14.5. The molecule has 0 unspecified atom stereocenters. The van der Waals surface area contributed by atoms with Gasteiger partial charge in [-0.05, 0) is 23.8 Å². The van der Waals surface area contributed by atoms with Crippen LogP contribution in [0.3, 0.4) is 0 Å². The molecule has 0 bridgehead atoms. The molecule has 2 rings (SSSR count). The molecular weight excluding hydrogens is 307 g/mol. The summed E-state index contributed by atoms with van der Waals surface area (Å²) in [5.41, 5.74) is 7.23. The number of benzene rings is 2. The van der Waals surface area contributed by atoms with Gasteiger partial charge in [-0.3, -0.25) is 0 Å². The summed E-state index contributed by atoms with van der Waals surface area (Å²) in [6.45, 7) is 0. The molecule has 0 aliphatic rings. The van der Waals surface area contributed by atoms with Crippen LogP contribution in [0.2, 0.25) is 0 Å². The fourth-order valence-electron chi connectivity index (χ4n) is 1.73. The second-order valence-electron chi connectivity index (χ2n) is 3.89. The Labute approximate surface area is 119 Å². The molecule has 2 aromatic rings. The molecule has 0 saturated carbocycles. The predicted molar refractivity (Wildman–Crippen MR) is 77.2 cm³/mol. The lowest BCUT2D eigenvalue weighted by molar-refractivity contribution is 0.623. The normalized spacial score (nSPS) is 11.6. The molecular formula is C15H10BrFN2. The smallest absolute Gasteiger partial charge is 0.133 e. The summed E-state index contributed by atoms with van der Waals surface area (Å²) in [6.07, 6.45) is 0. The Morgan fingerprint density at radius 1 is 1.16 bits per heavy atom. The quantitative estimate of drug-likeness (QED) is 0.674.